The van der Waals surface area contributed by atoms with Gasteiger partial charge >= 0.3 is 5.97 Å². The summed E-state index contributed by atoms with van der Waals surface area (Å²) in [4.78, 5) is 16.2. The SMILES string of the molecule is Cc1c(N)cccc1/C(N)=N/OC(=O)c1ccco1. The number of hydrogen-bond donors (Lipinski definition) is 2. The smallest absolute Gasteiger partial charge is 0.400 e. The van der Waals surface area contributed by atoms with Gasteiger partial charge in [-0.05, 0) is 30.7 Å². The van der Waals surface area contributed by atoms with Gasteiger partial charge in [-0.15, -0.1) is 0 Å². The fourth-order valence-corrected chi connectivity index (χ4v) is 1.51. The monoisotopic (exact) mass is 259 g/mol. The van der Waals surface area contributed by atoms with E-state index in [1.807, 2.05) is 0 Å². The first kappa shape index (κ1) is 12.7. The van der Waals surface area contributed by atoms with Crippen molar-refractivity contribution < 1.29 is 14.0 Å². The van der Waals surface area contributed by atoms with Gasteiger partial charge in [0.15, 0.2) is 5.84 Å². The van der Waals surface area contributed by atoms with E-state index in [9.17, 15) is 4.79 Å². The lowest BCUT2D eigenvalue weighted by Crippen LogP contribution is -2.17. The molecule has 2 aromatic rings. The van der Waals surface area contributed by atoms with Crippen LogP contribution >= 0.6 is 0 Å². The van der Waals surface area contributed by atoms with Crippen molar-refractivity contribution in [3.8, 4) is 0 Å². The summed E-state index contributed by atoms with van der Waals surface area (Å²) < 4.78 is 4.87. The second kappa shape index (κ2) is 5.26. The highest BCUT2D eigenvalue weighted by Gasteiger charge is 2.11. The van der Waals surface area contributed by atoms with Crippen LogP contribution in [0.3, 0.4) is 0 Å². The molecule has 4 N–H and O–H groups in total. The lowest BCUT2D eigenvalue weighted by molar-refractivity contribution is 0.0479. The number of rotatable bonds is 3. The van der Waals surface area contributed by atoms with Gasteiger partial charge in [-0.1, -0.05) is 17.3 Å². The van der Waals surface area contributed by atoms with Crippen LogP contribution < -0.4 is 11.5 Å². The number of carbonyl (C=O) groups excluding carboxylic acids is 1. The van der Waals surface area contributed by atoms with Crippen molar-refractivity contribution in [3.05, 3.63) is 53.5 Å². The van der Waals surface area contributed by atoms with Crippen LogP contribution in [0.1, 0.15) is 21.7 Å². The van der Waals surface area contributed by atoms with Crippen LogP contribution in [0.4, 0.5) is 5.69 Å². The van der Waals surface area contributed by atoms with Crippen LogP contribution in [-0.4, -0.2) is 11.8 Å². The van der Waals surface area contributed by atoms with Gasteiger partial charge in [0.25, 0.3) is 0 Å². The minimum absolute atomic E-state index is 0.0563. The lowest BCUT2D eigenvalue weighted by Gasteiger charge is -2.06. The van der Waals surface area contributed by atoms with Crippen LogP contribution in [0.15, 0.2) is 46.2 Å². The molecule has 6 heteroatoms. The largest absolute Gasteiger partial charge is 0.457 e. The number of furan rings is 1. The van der Waals surface area contributed by atoms with E-state index in [4.69, 9.17) is 15.9 Å². The molecule has 0 amide bonds. The molecule has 0 radical (unpaired) electrons. The molecular formula is C13H13N3O3. The van der Waals surface area contributed by atoms with Crippen LogP contribution in [0, 0.1) is 6.92 Å². The quantitative estimate of drug-likeness (QED) is 0.287. The summed E-state index contributed by atoms with van der Waals surface area (Å²) >= 11 is 0. The van der Waals surface area contributed by atoms with Gasteiger partial charge in [0.2, 0.25) is 5.76 Å². The van der Waals surface area contributed by atoms with E-state index in [2.05, 4.69) is 9.99 Å². The number of benzene rings is 1. The van der Waals surface area contributed by atoms with Gasteiger partial charge in [-0.3, -0.25) is 0 Å². The molecular weight excluding hydrogens is 246 g/mol. The number of amidine groups is 1. The summed E-state index contributed by atoms with van der Waals surface area (Å²) in [6, 6.07) is 8.28. The highest BCUT2D eigenvalue weighted by Crippen LogP contribution is 2.15. The maximum atomic E-state index is 11.5. The van der Waals surface area contributed by atoms with Crippen LogP contribution in [0.25, 0.3) is 0 Å². The Morgan fingerprint density at radius 2 is 2.11 bits per heavy atom. The topological polar surface area (TPSA) is 104 Å². The first-order valence-corrected chi connectivity index (χ1v) is 5.53. The maximum Gasteiger partial charge on any atom is 0.400 e. The summed E-state index contributed by atoms with van der Waals surface area (Å²) in [6.07, 6.45) is 1.37. The molecule has 0 aliphatic rings. The Bertz CT molecular complexity index is 618. The molecule has 0 fully saturated rings. The summed E-state index contributed by atoms with van der Waals surface area (Å²) in [6.45, 7) is 1.81. The van der Waals surface area contributed by atoms with Crippen molar-refractivity contribution in [2.45, 2.75) is 6.92 Å². The predicted octanol–water partition coefficient (Wildman–Crippen LogP) is 1.65. The van der Waals surface area contributed by atoms with E-state index in [1.165, 1.54) is 12.3 Å². The van der Waals surface area contributed by atoms with E-state index in [0.29, 0.717) is 11.3 Å². The maximum absolute atomic E-state index is 11.5. The number of hydrogen-bond acceptors (Lipinski definition) is 5. The number of nitrogen functional groups attached to an aromatic ring is 1. The molecule has 0 atom stereocenters. The number of nitrogens with zero attached hydrogens (tertiary/aromatic N) is 1. The summed E-state index contributed by atoms with van der Waals surface area (Å²) in [7, 11) is 0. The Morgan fingerprint density at radius 1 is 1.32 bits per heavy atom. The minimum atomic E-state index is -0.713. The Morgan fingerprint density at radius 3 is 2.79 bits per heavy atom. The molecule has 0 bridgehead atoms. The molecule has 0 aliphatic heterocycles. The first-order valence-electron chi connectivity index (χ1n) is 5.53. The Hall–Kier alpha value is -2.76. The van der Waals surface area contributed by atoms with Crippen molar-refractivity contribution in [1.82, 2.24) is 0 Å². The van der Waals surface area contributed by atoms with E-state index < -0.39 is 5.97 Å². The Kier molecular flexibility index (Phi) is 3.51. The molecule has 0 saturated heterocycles. The standard InChI is InChI=1S/C13H13N3O3/c1-8-9(4-2-5-10(8)14)12(15)16-19-13(17)11-6-3-7-18-11/h2-7H,14H2,1H3,(H2,15,16). The van der Waals surface area contributed by atoms with E-state index in [-0.39, 0.29) is 11.6 Å². The second-order valence-electron chi connectivity index (χ2n) is 3.85. The summed E-state index contributed by atoms with van der Waals surface area (Å²) in [5, 5.41) is 3.58. The molecule has 0 spiro atoms. The average molecular weight is 259 g/mol. The number of anilines is 1. The molecule has 98 valence electrons. The van der Waals surface area contributed by atoms with Gasteiger partial charge in [0.05, 0.1) is 6.26 Å². The third-order valence-corrected chi connectivity index (χ3v) is 2.60. The third-order valence-electron chi connectivity index (χ3n) is 2.60. The second-order valence-corrected chi connectivity index (χ2v) is 3.85. The zero-order valence-electron chi connectivity index (χ0n) is 10.3. The normalized spacial score (nSPS) is 11.3. The highest BCUT2D eigenvalue weighted by molar-refractivity contribution is 6.00. The molecule has 1 heterocycles. The fraction of sp³-hybridized carbons (Fsp3) is 0.0769. The lowest BCUT2D eigenvalue weighted by atomic mass is 10.1. The molecule has 6 nitrogen and oxygen atoms in total. The zero-order valence-corrected chi connectivity index (χ0v) is 10.3. The summed E-state index contributed by atoms with van der Waals surface area (Å²) in [5.74, 6) is -0.583. The first-order chi connectivity index (χ1) is 9.09. The Balaban J connectivity index is 2.15. The zero-order chi connectivity index (χ0) is 13.8. The van der Waals surface area contributed by atoms with Gasteiger partial charge in [0, 0.05) is 11.3 Å². The number of nitrogens with two attached hydrogens (primary N) is 2. The van der Waals surface area contributed by atoms with Gasteiger partial charge < -0.3 is 20.7 Å². The van der Waals surface area contributed by atoms with Crippen molar-refractivity contribution in [1.29, 1.82) is 0 Å². The van der Waals surface area contributed by atoms with Gasteiger partial charge in [0.1, 0.15) is 0 Å². The van der Waals surface area contributed by atoms with Crippen molar-refractivity contribution >= 4 is 17.5 Å². The van der Waals surface area contributed by atoms with Crippen LogP contribution in [0.5, 0.6) is 0 Å². The van der Waals surface area contributed by atoms with E-state index >= 15 is 0 Å². The average Bonchev–Trinajstić information content (AvgIpc) is 2.93. The fourth-order valence-electron chi connectivity index (χ4n) is 1.51. The van der Waals surface area contributed by atoms with Crippen molar-refractivity contribution in [3.63, 3.8) is 0 Å². The molecule has 19 heavy (non-hydrogen) atoms. The molecule has 0 unspecified atom stereocenters. The van der Waals surface area contributed by atoms with Crippen LogP contribution in [-0.2, 0) is 4.84 Å². The minimum Gasteiger partial charge on any atom is -0.457 e. The number of carbonyl (C=O) groups is 1. The van der Waals surface area contributed by atoms with Crippen molar-refractivity contribution in [2.24, 2.45) is 10.9 Å². The van der Waals surface area contributed by atoms with E-state index in [0.717, 1.165) is 5.56 Å². The third kappa shape index (κ3) is 2.74. The van der Waals surface area contributed by atoms with Crippen LogP contribution in [0.2, 0.25) is 0 Å². The van der Waals surface area contributed by atoms with Gasteiger partial charge in [-0.25, -0.2) is 4.79 Å². The van der Waals surface area contributed by atoms with Gasteiger partial charge in [-0.2, -0.15) is 0 Å². The molecule has 0 saturated carbocycles. The number of oxime groups is 1. The molecule has 1 aromatic heterocycles. The van der Waals surface area contributed by atoms with Crippen molar-refractivity contribution in [2.75, 3.05) is 5.73 Å². The predicted molar refractivity (Wildman–Crippen MR) is 70.4 cm³/mol. The molecule has 0 aliphatic carbocycles. The molecule has 1 aromatic carbocycles. The summed E-state index contributed by atoms with van der Waals surface area (Å²) in [5.41, 5.74) is 13.5. The van der Waals surface area contributed by atoms with E-state index in [1.54, 1.807) is 31.2 Å². The molecule has 2 rings (SSSR count). The highest BCUT2D eigenvalue weighted by atomic mass is 16.7. The Labute approximate surface area is 109 Å².